The number of anilines is 1. The van der Waals surface area contributed by atoms with Crippen molar-refractivity contribution in [1.82, 2.24) is 19.9 Å². The van der Waals surface area contributed by atoms with Gasteiger partial charge >= 0.3 is 0 Å². The largest absolute Gasteiger partial charge is 0.367 e. The zero-order valence-electron chi connectivity index (χ0n) is 11.0. The number of nitrogens with one attached hydrogen (secondary N) is 2. The van der Waals surface area contributed by atoms with Crippen LogP contribution in [0, 0.1) is 0 Å². The van der Waals surface area contributed by atoms with E-state index in [1.54, 1.807) is 12.7 Å². The third kappa shape index (κ3) is 2.43. The van der Waals surface area contributed by atoms with Gasteiger partial charge in [0.2, 0.25) is 0 Å². The molecule has 2 aromatic rings. The van der Waals surface area contributed by atoms with Crippen molar-refractivity contribution in [2.45, 2.75) is 31.4 Å². The Morgan fingerprint density at radius 3 is 2.72 bits per heavy atom. The highest BCUT2D eigenvalue weighted by atomic mass is 32.2. The first kappa shape index (κ1) is 13.1. The minimum atomic E-state index is 0.261. The monoisotopic (exact) mass is 265 g/mol. The third-order valence-electron chi connectivity index (χ3n) is 3.52. The molecule has 0 aliphatic carbocycles. The predicted molar refractivity (Wildman–Crippen MR) is 77.0 cm³/mol. The third-order valence-corrected chi connectivity index (χ3v) is 5.11. The number of fused-ring (bicyclic) bond motifs is 1. The molecule has 0 atom stereocenters. The van der Waals surface area contributed by atoms with E-state index in [4.69, 9.17) is 0 Å². The van der Waals surface area contributed by atoms with Gasteiger partial charge in [0.15, 0.2) is 11.5 Å². The zero-order valence-corrected chi connectivity index (χ0v) is 11.8. The fourth-order valence-corrected chi connectivity index (χ4v) is 2.80. The van der Waals surface area contributed by atoms with Crippen LogP contribution in [-0.2, 0) is 0 Å². The molecule has 0 saturated carbocycles. The summed E-state index contributed by atoms with van der Waals surface area (Å²) in [6.45, 7) is 5.35. The predicted octanol–water partition coefficient (Wildman–Crippen LogP) is 2.69. The number of nitrogens with zero attached hydrogens (tertiary/aromatic N) is 3. The highest BCUT2D eigenvalue weighted by Gasteiger charge is 2.25. The Hall–Kier alpha value is -1.30. The van der Waals surface area contributed by atoms with E-state index in [2.05, 4.69) is 45.4 Å². The molecule has 2 rings (SSSR count). The van der Waals surface area contributed by atoms with Gasteiger partial charge in [-0.05, 0) is 19.1 Å². The first-order valence-electron chi connectivity index (χ1n) is 6.17. The molecule has 0 amide bonds. The van der Waals surface area contributed by atoms with E-state index in [1.165, 1.54) is 0 Å². The summed E-state index contributed by atoms with van der Waals surface area (Å²) >= 11 is 1.91. The summed E-state index contributed by atoms with van der Waals surface area (Å²) in [6, 6.07) is 0. The van der Waals surface area contributed by atoms with Gasteiger partial charge in [0, 0.05) is 11.3 Å². The summed E-state index contributed by atoms with van der Waals surface area (Å²) in [5.41, 5.74) is 1.58. The molecule has 2 heterocycles. The highest BCUT2D eigenvalue weighted by molar-refractivity contribution is 8.00. The van der Waals surface area contributed by atoms with Gasteiger partial charge in [0.25, 0.3) is 0 Å². The molecule has 0 radical (unpaired) electrons. The lowest BCUT2D eigenvalue weighted by Crippen LogP contribution is -2.32. The summed E-state index contributed by atoms with van der Waals surface area (Å²) < 4.78 is 0.261. The smallest absolute Gasteiger partial charge is 0.182 e. The van der Waals surface area contributed by atoms with E-state index >= 15 is 0 Å². The summed E-state index contributed by atoms with van der Waals surface area (Å²) in [5.74, 6) is 0.831. The van der Waals surface area contributed by atoms with Crippen molar-refractivity contribution in [3.05, 3.63) is 12.7 Å². The minimum absolute atomic E-state index is 0.261. The molecule has 0 bridgehead atoms. The van der Waals surface area contributed by atoms with Gasteiger partial charge < -0.3 is 10.3 Å². The van der Waals surface area contributed by atoms with Crippen molar-refractivity contribution in [2.75, 3.05) is 18.1 Å². The maximum absolute atomic E-state index is 4.28. The van der Waals surface area contributed by atoms with Gasteiger partial charge in [-0.15, -0.1) is 0 Å². The van der Waals surface area contributed by atoms with Crippen LogP contribution in [-0.4, -0.2) is 37.5 Å². The second-order valence-electron chi connectivity index (χ2n) is 4.27. The minimum Gasteiger partial charge on any atom is -0.367 e. The Kier molecular flexibility index (Phi) is 4.06. The number of hydrogen-bond donors (Lipinski definition) is 2. The van der Waals surface area contributed by atoms with Gasteiger partial charge in [-0.25, -0.2) is 15.0 Å². The number of thioether (sulfide) groups is 1. The fourth-order valence-electron chi connectivity index (χ4n) is 2.00. The summed E-state index contributed by atoms with van der Waals surface area (Å²) in [5, 5.41) is 3.42. The van der Waals surface area contributed by atoms with Crippen LogP contribution in [0.4, 0.5) is 5.82 Å². The molecular weight excluding hydrogens is 246 g/mol. The summed E-state index contributed by atoms with van der Waals surface area (Å²) in [4.78, 5) is 15.6. The molecule has 0 aliphatic rings. The lowest BCUT2D eigenvalue weighted by Gasteiger charge is -2.30. The topological polar surface area (TPSA) is 66.5 Å². The molecule has 0 spiro atoms. The van der Waals surface area contributed by atoms with E-state index in [0.29, 0.717) is 5.65 Å². The molecule has 98 valence electrons. The number of hydrogen-bond acceptors (Lipinski definition) is 5. The Balaban J connectivity index is 2.17. The number of aromatic nitrogens is 4. The number of aromatic amines is 1. The maximum Gasteiger partial charge on any atom is 0.182 e. The number of rotatable bonds is 6. The lowest BCUT2D eigenvalue weighted by molar-refractivity contribution is 0.574. The average molecular weight is 265 g/mol. The van der Waals surface area contributed by atoms with Gasteiger partial charge in [0.1, 0.15) is 11.8 Å². The van der Waals surface area contributed by atoms with Crippen LogP contribution in [0.25, 0.3) is 11.2 Å². The van der Waals surface area contributed by atoms with Crippen LogP contribution in [0.5, 0.6) is 0 Å². The molecule has 6 heteroatoms. The molecule has 0 fully saturated rings. The van der Waals surface area contributed by atoms with Gasteiger partial charge in [-0.1, -0.05) is 13.8 Å². The normalized spacial score (nSPS) is 11.9. The van der Waals surface area contributed by atoms with Crippen LogP contribution < -0.4 is 5.32 Å². The highest BCUT2D eigenvalue weighted by Crippen LogP contribution is 2.30. The van der Waals surface area contributed by atoms with Crippen molar-refractivity contribution in [1.29, 1.82) is 0 Å². The van der Waals surface area contributed by atoms with Gasteiger partial charge in [-0.3, -0.25) is 0 Å². The Morgan fingerprint density at radius 2 is 2.06 bits per heavy atom. The lowest BCUT2D eigenvalue weighted by atomic mass is 10.0. The van der Waals surface area contributed by atoms with Crippen molar-refractivity contribution in [3.63, 3.8) is 0 Å². The number of H-pyrrole nitrogens is 1. The Labute approximate surface area is 111 Å². The van der Waals surface area contributed by atoms with Crippen LogP contribution in [0.2, 0.25) is 0 Å². The van der Waals surface area contributed by atoms with Crippen LogP contribution in [0.1, 0.15) is 26.7 Å². The fraction of sp³-hybridized carbons (Fsp3) is 0.583. The van der Waals surface area contributed by atoms with Crippen LogP contribution in [0.3, 0.4) is 0 Å². The SMILES string of the molecule is CCC(CC)(CNc1ncnc2nc[nH]c12)SC. The van der Waals surface area contributed by atoms with Crippen molar-refractivity contribution >= 4 is 28.7 Å². The molecule has 5 nitrogen and oxygen atoms in total. The summed E-state index contributed by atoms with van der Waals surface area (Å²) in [6.07, 6.45) is 7.63. The Bertz CT molecular complexity index is 498. The Morgan fingerprint density at radius 1 is 1.28 bits per heavy atom. The van der Waals surface area contributed by atoms with Crippen LogP contribution in [0.15, 0.2) is 12.7 Å². The van der Waals surface area contributed by atoms with Gasteiger partial charge in [0.05, 0.1) is 6.33 Å². The average Bonchev–Trinajstić information content (AvgIpc) is 2.90. The zero-order chi connectivity index (χ0) is 13.0. The number of imidazole rings is 1. The first-order valence-corrected chi connectivity index (χ1v) is 7.40. The quantitative estimate of drug-likeness (QED) is 0.840. The van der Waals surface area contributed by atoms with Crippen molar-refractivity contribution in [3.8, 4) is 0 Å². The van der Waals surface area contributed by atoms with E-state index in [1.807, 2.05) is 11.8 Å². The molecule has 2 N–H and O–H groups in total. The molecule has 0 unspecified atom stereocenters. The second-order valence-corrected chi connectivity index (χ2v) is 5.55. The van der Waals surface area contributed by atoms with E-state index in [-0.39, 0.29) is 4.75 Å². The molecule has 0 aliphatic heterocycles. The van der Waals surface area contributed by atoms with E-state index in [0.717, 1.165) is 30.7 Å². The maximum atomic E-state index is 4.28. The molecule has 0 aromatic carbocycles. The molecular formula is C12H19N5S. The van der Waals surface area contributed by atoms with Crippen molar-refractivity contribution in [2.24, 2.45) is 0 Å². The van der Waals surface area contributed by atoms with Gasteiger partial charge in [-0.2, -0.15) is 11.8 Å². The van der Waals surface area contributed by atoms with Crippen LogP contribution >= 0.6 is 11.8 Å². The van der Waals surface area contributed by atoms with E-state index in [9.17, 15) is 0 Å². The second kappa shape index (κ2) is 5.56. The molecule has 18 heavy (non-hydrogen) atoms. The molecule has 0 saturated heterocycles. The summed E-state index contributed by atoms with van der Waals surface area (Å²) in [7, 11) is 0. The standard InChI is InChI=1S/C12H19N5S/c1-4-12(5-2,18-3)6-13-10-9-11(15-7-14-9)17-8-16-10/h7-8H,4-6H2,1-3H3,(H2,13,14,15,16,17). The molecule has 2 aromatic heterocycles. The van der Waals surface area contributed by atoms with E-state index < -0.39 is 0 Å². The first-order chi connectivity index (χ1) is 8.74. The van der Waals surface area contributed by atoms with Crippen molar-refractivity contribution < 1.29 is 0 Å².